The van der Waals surface area contributed by atoms with E-state index in [1.165, 1.54) is 11.3 Å². The van der Waals surface area contributed by atoms with E-state index in [4.69, 9.17) is 4.74 Å². The molecule has 0 saturated heterocycles. The first kappa shape index (κ1) is 10.8. The molecule has 0 unspecified atom stereocenters. The Morgan fingerprint density at radius 1 is 1.38 bits per heavy atom. The minimum absolute atomic E-state index is 0.641. The smallest absolute Gasteiger partial charge is 0.162 e. The maximum atomic E-state index is 10.9. The number of aromatic nitrogens is 1. The molecule has 0 aliphatic rings. The second kappa shape index (κ2) is 4.45. The highest BCUT2D eigenvalue weighted by molar-refractivity contribution is 7.13. The second-order valence-corrected chi connectivity index (χ2v) is 4.50. The number of rotatable bonds is 3. The molecule has 0 aliphatic carbocycles. The number of ether oxygens (including phenoxy) is 1. The molecule has 0 aliphatic heterocycles. The van der Waals surface area contributed by atoms with Crippen molar-refractivity contribution in [3.8, 4) is 17.0 Å². The summed E-state index contributed by atoms with van der Waals surface area (Å²) in [5.41, 5.74) is 1.56. The summed E-state index contributed by atoms with van der Waals surface area (Å²) in [4.78, 5) is 16.0. The van der Waals surface area contributed by atoms with Crippen molar-refractivity contribution < 1.29 is 9.53 Å². The predicted octanol–water partition coefficient (Wildman–Crippen LogP) is 2.94. The molecule has 0 fully saturated rings. The minimum atomic E-state index is 0.641. The van der Waals surface area contributed by atoms with Gasteiger partial charge in [-0.3, -0.25) is 4.79 Å². The zero-order valence-electron chi connectivity index (χ0n) is 9.06. The summed E-state index contributed by atoms with van der Waals surface area (Å²) in [6, 6.07) is 7.56. The van der Waals surface area contributed by atoms with Crippen LogP contribution in [0.4, 0.5) is 0 Å². The lowest BCUT2D eigenvalue weighted by molar-refractivity contribution is 0.112. The van der Waals surface area contributed by atoms with Gasteiger partial charge in [-0.2, -0.15) is 0 Å². The molecular weight excluding hydrogens is 222 g/mol. The molecule has 0 radical (unpaired) electrons. The number of nitrogens with zero attached hydrogens (tertiary/aromatic N) is 1. The molecule has 4 heteroatoms. The highest BCUT2D eigenvalue weighted by Crippen LogP contribution is 2.33. The number of hydrogen-bond donors (Lipinski definition) is 0. The third-order valence-electron chi connectivity index (χ3n) is 2.23. The van der Waals surface area contributed by atoms with Gasteiger partial charge in [-0.15, -0.1) is 11.3 Å². The van der Waals surface area contributed by atoms with E-state index in [1.54, 1.807) is 7.11 Å². The third-order valence-corrected chi connectivity index (χ3v) is 3.13. The first-order chi connectivity index (χ1) is 7.76. The molecule has 1 aromatic heterocycles. The summed E-state index contributed by atoms with van der Waals surface area (Å²) in [5, 5.41) is 0.878. The first-order valence-corrected chi connectivity index (χ1v) is 5.64. The lowest BCUT2D eigenvalue weighted by Gasteiger charge is -2.05. The van der Waals surface area contributed by atoms with Gasteiger partial charge in [-0.05, 0) is 19.1 Å². The van der Waals surface area contributed by atoms with Crippen molar-refractivity contribution in [2.24, 2.45) is 0 Å². The van der Waals surface area contributed by atoms with Crippen LogP contribution in [0.15, 0.2) is 24.3 Å². The SMILES string of the molecule is COc1ccccc1-c1nc(C)sc1C=O. The zero-order valence-corrected chi connectivity index (χ0v) is 9.88. The van der Waals surface area contributed by atoms with Crippen LogP contribution in [0.2, 0.25) is 0 Å². The maximum Gasteiger partial charge on any atom is 0.162 e. The van der Waals surface area contributed by atoms with Crippen molar-refractivity contribution in [2.75, 3.05) is 7.11 Å². The number of aryl methyl sites for hydroxylation is 1. The van der Waals surface area contributed by atoms with Crippen LogP contribution in [0.25, 0.3) is 11.3 Å². The van der Waals surface area contributed by atoms with Gasteiger partial charge >= 0.3 is 0 Å². The fourth-order valence-electron chi connectivity index (χ4n) is 1.56. The zero-order chi connectivity index (χ0) is 11.5. The molecule has 0 spiro atoms. The van der Waals surface area contributed by atoms with E-state index < -0.39 is 0 Å². The summed E-state index contributed by atoms with van der Waals surface area (Å²) < 4.78 is 5.26. The number of para-hydroxylation sites is 1. The van der Waals surface area contributed by atoms with Gasteiger partial charge in [-0.1, -0.05) is 12.1 Å². The van der Waals surface area contributed by atoms with E-state index >= 15 is 0 Å². The lowest BCUT2D eigenvalue weighted by atomic mass is 10.1. The number of carbonyl (C=O) groups is 1. The van der Waals surface area contributed by atoms with Crippen molar-refractivity contribution in [2.45, 2.75) is 6.92 Å². The van der Waals surface area contributed by atoms with E-state index in [0.717, 1.165) is 22.6 Å². The largest absolute Gasteiger partial charge is 0.496 e. The van der Waals surface area contributed by atoms with E-state index in [2.05, 4.69) is 4.98 Å². The molecule has 1 aromatic carbocycles. The van der Waals surface area contributed by atoms with Crippen LogP contribution in [0.1, 0.15) is 14.7 Å². The Balaban J connectivity index is 2.61. The number of carbonyl (C=O) groups excluding carboxylic acids is 1. The number of methoxy groups -OCH3 is 1. The Kier molecular flexibility index (Phi) is 3.01. The second-order valence-electron chi connectivity index (χ2n) is 3.26. The predicted molar refractivity (Wildman–Crippen MR) is 64.2 cm³/mol. The number of benzene rings is 1. The Hall–Kier alpha value is -1.68. The molecular formula is C12H11NO2S. The topological polar surface area (TPSA) is 39.2 Å². The van der Waals surface area contributed by atoms with Crippen LogP contribution in [0, 0.1) is 6.92 Å². The third kappa shape index (κ3) is 1.84. The van der Waals surface area contributed by atoms with Gasteiger partial charge in [0.05, 0.1) is 22.7 Å². The van der Waals surface area contributed by atoms with Crippen LogP contribution >= 0.6 is 11.3 Å². The van der Waals surface area contributed by atoms with Gasteiger partial charge in [0.1, 0.15) is 5.75 Å². The fraction of sp³-hybridized carbons (Fsp3) is 0.167. The van der Waals surface area contributed by atoms with Gasteiger partial charge in [0, 0.05) is 5.56 Å². The van der Waals surface area contributed by atoms with Crippen LogP contribution in [-0.2, 0) is 0 Å². The highest BCUT2D eigenvalue weighted by Gasteiger charge is 2.13. The molecule has 0 bridgehead atoms. The monoisotopic (exact) mass is 233 g/mol. The Morgan fingerprint density at radius 3 is 2.81 bits per heavy atom. The van der Waals surface area contributed by atoms with Crippen molar-refractivity contribution in [1.29, 1.82) is 0 Å². The lowest BCUT2D eigenvalue weighted by Crippen LogP contribution is -1.89. The van der Waals surface area contributed by atoms with Crippen molar-refractivity contribution in [3.63, 3.8) is 0 Å². The summed E-state index contributed by atoms with van der Waals surface area (Å²) in [6.45, 7) is 1.89. The van der Waals surface area contributed by atoms with Crippen LogP contribution in [-0.4, -0.2) is 18.4 Å². The maximum absolute atomic E-state index is 10.9. The van der Waals surface area contributed by atoms with Crippen LogP contribution in [0.3, 0.4) is 0 Å². The van der Waals surface area contributed by atoms with Gasteiger partial charge in [0.25, 0.3) is 0 Å². The van der Waals surface area contributed by atoms with Crippen LogP contribution in [0.5, 0.6) is 5.75 Å². The molecule has 0 N–H and O–H groups in total. The molecule has 0 amide bonds. The average Bonchev–Trinajstić information content (AvgIpc) is 2.70. The fourth-order valence-corrected chi connectivity index (χ4v) is 2.31. The van der Waals surface area contributed by atoms with E-state index in [0.29, 0.717) is 10.6 Å². The van der Waals surface area contributed by atoms with Crippen molar-refractivity contribution in [3.05, 3.63) is 34.2 Å². The van der Waals surface area contributed by atoms with Crippen LogP contribution < -0.4 is 4.74 Å². The van der Waals surface area contributed by atoms with E-state index in [1.807, 2.05) is 31.2 Å². The number of aldehydes is 1. The summed E-state index contributed by atoms with van der Waals surface area (Å²) in [6.07, 6.45) is 0.840. The van der Waals surface area contributed by atoms with Gasteiger partial charge < -0.3 is 4.74 Å². The van der Waals surface area contributed by atoms with Crippen molar-refractivity contribution in [1.82, 2.24) is 4.98 Å². The summed E-state index contributed by atoms with van der Waals surface area (Å²) in [7, 11) is 1.61. The number of hydrogen-bond acceptors (Lipinski definition) is 4. The van der Waals surface area contributed by atoms with Gasteiger partial charge in [0.15, 0.2) is 6.29 Å². The summed E-state index contributed by atoms with van der Waals surface area (Å²) in [5.74, 6) is 0.732. The quantitative estimate of drug-likeness (QED) is 0.765. The Bertz CT molecular complexity index is 519. The normalized spacial score (nSPS) is 10.1. The highest BCUT2D eigenvalue weighted by atomic mass is 32.1. The standard InChI is InChI=1S/C12H11NO2S/c1-8-13-12(11(7-14)16-8)9-5-3-4-6-10(9)15-2/h3-7H,1-2H3. The Morgan fingerprint density at radius 2 is 2.12 bits per heavy atom. The molecule has 2 aromatic rings. The molecule has 3 nitrogen and oxygen atoms in total. The minimum Gasteiger partial charge on any atom is -0.496 e. The number of thiazole rings is 1. The molecule has 82 valence electrons. The molecule has 2 rings (SSSR count). The van der Waals surface area contributed by atoms with Gasteiger partial charge in [-0.25, -0.2) is 4.98 Å². The van der Waals surface area contributed by atoms with Crippen molar-refractivity contribution >= 4 is 17.6 Å². The van der Waals surface area contributed by atoms with E-state index in [-0.39, 0.29) is 0 Å². The summed E-state index contributed by atoms with van der Waals surface area (Å²) >= 11 is 1.39. The average molecular weight is 233 g/mol. The first-order valence-electron chi connectivity index (χ1n) is 4.82. The Labute approximate surface area is 97.7 Å². The molecule has 0 atom stereocenters. The molecule has 1 heterocycles. The van der Waals surface area contributed by atoms with Gasteiger partial charge in [0.2, 0.25) is 0 Å². The van der Waals surface area contributed by atoms with E-state index in [9.17, 15) is 4.79 Å². The molecule has 0 saturated carbocycles. The molecule has 16 heavy (non-hydrogen) atoms.